The van der Waals surface area contributed by atoms with Gasteiger partial charge in [0.15, 0.2) is 5.78 Å². The van der Waals surface area contributed by atoms with Gasteiger partial charge in [0.25, 0.3) is 0 Å². The zero-order valence-electron chi connectivity index (χ0n) is 6.07. The Morgan fingerprint density at radius 1 is 1.73 bits per heavy atom. The van der Waals surface area contributed by atoms with E-state index >= 15 is 0 Å². The zero-order valence-corrected chi connectivity index (χ0v) is 6.07. The summed E-state index contributed by atoms with van der Waals surface area (Å²) >= 11 is 0. The number of hydrogen-bond donors (Lipinski definition) is 0. The van der Waals surface area contributed by atoms with Crippen LogP contribution in [0.15, 0.2) is 12.2 Å². The fourth-order valence-corrected chi connectivity index (χ4v) is 0.802. The van der Waals surface area contributed by atoms with Crippen molar-refractivity contribution in [1.82, 2.24) is 0 Å². The molecule has 1 unspecified atom stereocenters. The molecule has 0 saturated carbocycles. The van der Waals surface area contributed by atoms with Crippen molar-refractivity contribution in [2.75, 3.05) is 7.11 Å². The number of ether oxygens (including phenoxy) is 2. The molecular formula is C7H8O4. The molecule has 0 aromatic carbocycles. The van der Waals surface area contributed by atoms with E-state index in [9.17, 15) is 9.59 Å². The summed E-state index contributed by atoms with van der Waals surface area (Å²) in [5.74, 6) is -0.0288. The Morgan fingerprint density at radius 3 is 2.91 bits per heavy atom. The van der Waals surface area contributed by atoms with Crippen LogP contribution in [0.5, 0.6) is 0 Å². The molecule has 1 rings (SSSR count). The van der Waals surface area contributed by atoms with Crippen LogP contribution in [0.4, 0.5) is 4.79 Å². The summed E-state index contributed by atoms with van der Waals surface area (Å²) in [7, 11) is 1.23. The Labute approximate surface area is 63.8 Å². The molecule has 0 N–H and O–H groups in total. The second kappa shape index (κ2) is 3.18. The minimum atomic E-state index is -0.755. The van der Waals surface area contributed by atoms with Crippen molar-refractivity contribution in [3.8, 4) is 0 Å². The topological polar surface area (TPSA) is 52.6 Å². The second-order valence-electron chi connectivity index (χ2n) is 2.14. The predicted octanol–water partition coefficient (Wildman–Crippen LogP) is 0.667. The number of allylic oxidation sites excluding steroid dienone is 1. The molecule has 0 spiro atoms. The lowest BCUT2D eigenvalue weighted by atomic mass is 10.3. The molecule has 1 aliphatic carbocycles. The van der Waals surface area contributed by atoms with E-state index in [4.69, 9.17) is 0 Å². The van der Waals surface area contributed by atoms with Crippen LogP contribution in [0, 0.1) is 0 Å². The molecule has 0 saturated heterocycles. The molecule has 4 heteroatoms. The summed E-state index contributed by atoms with van der Waals surface area (Å²) in [5.41, 5.74) is 0. The first-order chi connectivity index (χ1) is 5.22. The molecule has 4 nitrogen and oxygen atoms in total. The minimum Gasteiger partial charge on any atom is -0.438 e. The van der Waals surface area contributed by atoms with Gasteiger partial charge in [0, 0.05) is 0 Å². The first kappa shape index (κ1) is 7.78. The molecule has 0 aromatic rings. The van der Waals surface area contributed by atoms with Gasteiger partial charge in [0.2, 0.25) is 0 Å². The third kappa shape index (κ3) is 2.07. The monoisotopic (exact) mass is 156 g/mol. The van der Waals surface area contributed by atoms with Crippen molar-refractivity contribution < 1.29 is 19.1 Å². The van der Waals surface area contributed by atoms with Crippen LogP contribution >= 0.6 is 0 Å². The van der Waals surface area contributed by atoms with Gasteiger partial charge < -0.3 is 9.47 Å². The zero-order chi connectivity index (χ0) is 8.27. The van der Waals surface area contributed by atoms with Crippen LogP contribution in [0.2, 0.25) is 0 Å². The van der Waals surface area contributed by atoms with E-state index in [1.807, 2.05) is 0 Å². The molecule has 0 bridgehead atoms. The van der Waals surface area contributed by atoms with Gasteiger partial charge in [-0.15, -0.1) is 0 Å². The van der Waals surface area contributed by atoms with Gasteiger partial charge >= 0.3 is 6.16 Å². The van der Waals surface area contributed by atoms with E-state index in [1.54, 1.807) is 6.08 Å². The summed E-state index contributed by atoms with van der Waals surface area (Å²) in [4.78, 5) is 21.1. The molecule has 0 radical (unpaired) electrons. The molecule has 1 atom stereocenters. The highest BCUT2D eigenvalue weighted by Crippen LogP contribution is 2.10. The summed E-state index contributed by atoms with van der Waals surface area (Å²) < 4.78 is 8.90. The Kier molecular flexibility index (Phi) is 2.25. The van der Waals surface area contributed by atoms with Crippen molar-refractivity contribution in [1.29, 1.82) is 0 Å². The fraction of sp³-hybridized carbons (Fsp3) is 0.429. The highest BCUT2D eigenvalue weighted by molar-refractivity contribution is 5.92. The van der Waals surface area contributed by atoms with Crippen molar-refractivity contribution in [3.05, 3.63) is 12.2 Å². The van der Waals surface area contributed by atoms with Gasteiger partial charge in [-0.3, -0.25) is 4.79 Å². The lowest BCUT2D eigenvalue weighted by Gasteiger charge is -2.06. The van der Waals surface area contributed by atoms with Crippen LogP contribution in [0.1, 0.15) is 6.42 Å². The van der Waals surface area contributed by atoms with E-state index in [1.165, 1.54) is 13.2 Å². The van der Waals surface area contributed by atoms with Crippen molar-refractivity contribution >= 4 is 11.9 Å². The highest BCUT2D eigenvalue weighted by Gasteiger charge is 2.19. The summed E-state index contributed by atoms with van der Waals surface area (Å²) in [6, 6.07) is 0. The minimum absolute atomic E-state index is 0.0288. The summed E-state index contributed by atoms with van der Waals surface area (Å²) in [5, 5.41) is 0. The van der Waals surface area contributed by atoms with E-state index in [2.05, 4.69) is 9.47 Å². The van der Waals surface area contributed by atoms with Crippen molar-refractivity contribution in [3.63, 3.8) is 0 Å². The smallest absolute Gasteiger partial charge is 0.438 e. The molecule has 0 aliphatic heterocycles. The third-order valence-corrected chi connectivity index (χ3v) is 1.31. The maximum atomic E-state index is 10.6. The number of ketones is 1. The first-order valence-corrected chi connectivity index (χ1v) is 3.18. The number of carbonyl (C=O) groups is 2. The molecule has 11 heavy (non-hydrogen) atoms. The Morgan fingerprint density at radius 2 is 2.45 bits per heavy atom. The van der Waals surface area contributed by atoms with E-state index in [-0.39, 0.29) is 12.2 Å². The van der Waals surface area contributed by atoms with E-state index in [0.717, 1.165) is 0 Å². The average molecular weight is 156 g/mol. The number of rotatable bonds is 1. The summed E-state index contributed by atoms with van der Waals surface area (Å²) in [6.07, 6.45) is 1.98. The van der Waals surface area contributed by atoms with Crippen LogP contribution < -0.4 is 0 Å². The second-order valence-corrected chi connectivity index (χ2v) is 2.14. The van der Waals surface area contributed by atoms with Crippen LogP contribution in [0.25, 0.3) is 0 Å². The van der Waals surface area contributed by atoms with Gasteiger partial charge in [0.05, 0.1) is 13.5 Å². The van der Waals surface area contributed by atoms with Crippen molar-refractivity contribution in [2.45, 2.75) is 12.5 Å². The third-order valence-electron chi connectivity index (χ3n) is 1.31. The Hall–Kier alpha value is -1.32. The SMILES string of the molecule is COC(=O)OC1C=CC(=O)C1. The lowest BCUT2D eigenvalue weighted by Crippen LogP contribution is -2.14. The molecule has 0 amide bonds. The molecule has 0 fully saturated rings. The fourth-order valence-electron chi connectivity index (χ4n) is 0.802. The highest BCUT2D eigenvalue weighted by atomic mass is 16.7. The first-order valence-electron chi connectivity index (χ1n) is 3.18. The van der Waals surface area contributed by atoms with E-state index < -0.39 is 12.3 Å². The molecule has 0 heterocycles. The quantitative estimate of drug-likeness (QED) is 0.523. The largest absolute Gasteiger partial charge is 0.508 e. The predicted molar refractivity (Wildman–Crippen MR) is 36.0 cm³/mol. The molecule has 60 valence electrons. The normalized spacial score (nSPS) is 21.9. The number of carbonyl (C=O) groups excluding carboxylic acids is 2. The van der Waals surface area contributed by atoms with Gasteiger partial charge in [-0.1, -0.05) is 0 Å². The average Bonchev–Trinajstić information content (AvgIpc) is 2.35. The van der Waals surface area contributed by atoms with Crippen molar-refractivity contribution in [2.24, 2.45) is 0 Å². The summed E-state index contributed by atoms with van der Waals surface area (Å²) in [6.45, 7) is 0. The molecular weight excluding hydrogens is 148 g/mol. The van der Waals surface area contributed by atoms with Crippen LogP contribution in [-0.4, -0.2) is 25.2 Å². The van der Waals surface area contributed by atoms with Gasteiger partial charge in [-0.25, -0.2) is 4.79 Å². The lowest BCUT2D eigenvalue weighted by molar-refractivity contribution is -0.115. The standard InChI is InChI=1S/C7H8O4/c1-10-7(9)11-6-3-2-5(8)4-6/h2-3,6H,4H2,1H3. The molecule has 1 aliphatic rings. The maximum Gasteiger partial charge on any atom is 0.508 e. The number of hydrogen-bond acceptors (Lipinski definition) is 4. The Balaban J connectivity index is 2.35. The maximum absolute atomic E-state index is 10.6. The van der Waals surface area contributed by atoms with Gasteiger partial charge in [-0.2, -0.15) is 0 Å². The van der Waals surface area contributed by atoms with Crippen LogP contribution in [-0.2, 0) is 14.3 Å². The Bertz CT molecular complexity index is 206. The van der Waals surface area contributed by atoms with Gasteiger partial charge in [-0.05, 0) is 12.2 Å². The van der Waals surface area contributed by atoms with Crippen LogP contribution in [0.3, 0.4) is 0 Å². The van der Waals surface area contributed by atoms with Gasteiger partial charge in [0.1, 0.15) is 6.10 Å². The molecule has 0 aromatic heterocycles. The number of methoxy groups -OCH3 is 1. The van der Waals surface area contributed by atoms with E-state index in [0.29, 0.717) is 0 Å².